The lowest BCUT2D eigenvalue weighted by atomic mass is 10.4. The summed E-state index contributed by atoms with van der Waals surface area (Å²) in [5.74, 6) is 0.514. The first-order valence-electron chi connectivity index (χ1n) is 5.87. The molecule has 5 nitrogen and oxygen atoms in total. The molecular formula is C12H16N4OS. The molecule has 0 aliphatic carbocycles. The molecule has 2 aromatic rings. The van der Waals surface area contributed by atoms with E-state index in [1.807, 2.05) is 12.3 Å². The van der Waals surface area contributed by atoms with Crippen molar-refractivity contribution in [1.82, 2.24) is 20.5 Å². The zero-order valence-corrected chi connectivity index (χ0v) is 11.3. The van der Waals surface area contributed by atoms with Crippen LogP contribution >= 0.6 is 11.3 Å². The van der Waals surface area contributed by atoms with E-state index in [1.54, 1.807) is 24.5 Å². The van der Waals surface area contributed by atoms with Gasteiger partial charge in [0.25, 0.3) is 0 Å². The zero-order valence-electron chi connectivity index (χ0n) is 10.5. The van der Waals surface area contributed by atoms with Crippen molar-refractivity contribution in [2.24, 2.45) is 0 Å². The number of aromatic nitrogens is 3. The molecule has 0 fully saturated rings. The van der Waals surface area contributed by atoms with Crippen LogP contribution in [-0.4, -0.2) is 28.8 Å². The van der Waals surface area contributed by atoms with Crippen LogP contribution in [0.2, 0.25) is 0 Å². The molecule has 1 N–H and O–H groups in total. The molecule has 2 heterocycles. The third-order valence-corrected chi connectivity index (χ3v) is 3.37. The molecule has 0 unspecified atom stereocenters. The molecule has 0 amide bonds. The molecule has 0 atom stereocenters. The Hall–Kier alpha value is -1.53. The fraction of sp³-hybridized carbons (Fsp3) is 0.417. The summed E-state index contributed by atoms with van der Waals surface area (Å²) in [5.41, 5.74) is 0.780. The van der Waals surface area contributed by atoms with Crippen LogP contribution in [0.15, 0.2) is 18.3 Å². The van der Waals surface area contributed by atoms with E-state index in [0.717, 1.165) is 30.2 Å². The summed E-state index contributed by atoms with van der Waals surface area (Å²) in [4.78, 5) is 5.56. The summed E-state index contributed by atoms with van der Waals surface area (Å²) >= 11 is 1.63. The Morgan fingerprint density at radius 1 is 1.33 bits per heavy atom. The first kappa shape index (κ1) is 12.9. The fourth-order valence-corrected chi connectivity index (χ4v) is 2.29. The Morgan fingerprint density at radius 3 is 2.89 bits per heavy atom. The maximum Gasteiger partial charge on any atom is 0.233 e. The fourth-order valence-electron chi connectivity index (χ4n) is 1.44. The Balaban J connectivity index is 2.04. The minimum absolute atomic E-state index is 0.514. The maximum absolute atomic E-state index is 4.98. The van der Waals surface area contributed by atoms with Gasteiger partial charge in [0, 0.05) is 23.7 Å². The Labute approximate surface area is 110 Å². The van der Waals surface area contributed by atoms with Gasteiger partial charge in [-0.3, -0.25) is 0 Å². The molecule has 2 aromatic heterocycles. The van der Waals surface area contributed by atoms with Gasteiger partial charge in [0.1, 0.15) is 10.7 Å². The minimum Gasteiger partial charge on any atom is -0.480 e. The molecule has 0 aliphatic heterocycles. The number of hydrogen-bond donors (Lipinski definition) is 1. The standard InChI is InChI=1S/C12H16N4OS/c1-3-6-13-7-9-8-14-12(18-9)10-4-5-11(17-2)16-15-10/h4-5,8,13H,3,6-7H2,1-2H3. The molecular weight excluding hydrogens is 248 g/mol. The van der Waals surface area contributed by atoms with Crippen molar-refractivity contribution in [1.29, 1.82) is 0 Å². The van der Waals surface area contributed by atoms with Crippen molar-refractivity contribution in [2.45, 2.75) is 19.9 Å². The van der Waals surface area contributed by atoms with E-state index >= 15 is 0 Å². The molecule has 96 valence electrons. The number of methoxy groups -OCH3 is 1. The second-order valence-electron chi connectivity index (χ2n) is 3.77. The summed E-state index contributed by atoms with van der Waals surface area (Å²) in [6.45, 7) is 4.03. The topological polar surface area (TPSA) is 59.9 Å². The number of nitrogens with zero attached hydrogens (tertiary/aromatic N) is 3. The van der Waals surface area contributed by atoms with Crippen LogP contribution in [0.25, 0.3) is 10.7 Å². The first-order valence-corrected chi connectivity index (χ1v) is 6.68. The molecule has 6 heteroatoms. The van der Waals surface area contributed by atoms with Crippen LogP contribution in [0.4, 0.5) is 0 Å². The van der Waals surface area contributed by atoms with E-state index in [0.29, 0.717) is 5.88 Å². The van der Waals surface area contributed by atoms with Crippen molar-refractivity contribution in [3.8, 4) is 16.6 Å². The highest BCUT2D eigenvalue weighted by Crippen LogP contribution is 2.23. The van der Waals surface area contributed by atoms with Gasteiger partial charge in [0.15, 0.2) is 0 Å². The molecule has 0 saturated carbocycles. The van der Waals surface area contributed by atoms with E-state index in [-0.39, 0.29) is 0 Å². The highest BCUT2D eigenvalue weighted by molar-refractivity contribution is 7.14. The monoisotopic (exact) mass is 264 g/mol. The summed E-state index contributed by atoms with van der Waals surface area (Å²) in [6.07, 6.45) is 3.02. The molecule has 0 bridgehead atoms. The van der Waals surface area contributed by atoms with Crippen molar-refractivity contribution in [3.63, 3.8) is 0 Å². The van der Waals surface area contributed by atoms with Gasteiger partial charge in [-0.05, 0) is 19.0 Å². The number of thiazole rings is 1. The maximum atomic E-state index is 4.98. The van der Waals surface area contributed by atoms with Gasteiger partial charge in [-0.1, -0.05) is 6.92 Å². The SMILES string of the molecule is CCCNCc1cnc(-c2ccc(OC)nn2)s1. The van der Waals surface area contributed by atoms with Gasteiger partial charge in [0.2, 0.25) is 5.88 Å². The lowest BCUT2D eigenvalue weighted by molar-refractivity contribution is 0.392. The van der Waals surface area contributed by atoms with Crippen LogP contribution in [0.3, 0.4) is 0 Å². The average Bonchev–Trinajstić information content (AvgIpc) is 2.88. The third kappa shape index (κ3) is 3.24. The summed E-state index contributed by atoms with van der Waals surface area (Å²) < 4.78 is 4.98. The van der Waals surface area contributed by atoms with E-state index in [1.165, 1.54) is 4.88 Å². The Morgan fingerprint density at radius 2 is 2.22 bits per heavy atom. The van der Waals surface area contributed by atoms with Gasteiger partial charge in [-0.2, -0.15) is 0 Å². The highest BCUT2D eigenvalue weighted by atomic mass is 32.1. The second-order valence-corrected chi connectivity index (χ2v) is 4.88. The van der Waals surface area contributed by atoms with Crippen molar-refractivity contribution < 1.29 is 4.74 Å². The molecule has 0 aliphatic rings. The second kappa shape index (κ2) is 6.42. The van der Waals surface area contributed by atoms with Crippen molar-refractivity contribution >= 4 is 11.3 Å². The van der Waals surface area contributed by atoms with Gasteiger partial charge in [-0.25, -0.2) is 4.98 Å². The van der Waals surface area contributed by atoms with Gasteiger partial charge in [-0.15, -0.1) is 21.5 Å². The normalized spacial score (nSPS) is 10.6. The smallest absolute Gasteiger partial charge is 0.233 e. The molecule has 0 aromatic carbocycles. The number of rotatable bonds is 6. The number of ether oxygens (including phenoxy) is 1. The van der Waals surface area contributed by atoms with Gasteiger partial charge in [0.05, 0.1) is 7.11 Å². The quantitative estimate of drug-likeness (QED) is 0.810. The minimum atomic E-state index is 0.514. The lowest BCUT2D eigenvalue weighted by Gasteiger charge is -1.98. The predicted molar refractivity (Wildman–Crippen MR) is 71.7 cm³/mol. The van der Waals surface area contributed by atoms with Crippen LogP contribution in [0, 0.1) is 0 Å². The van der Waals surface area contributed by atoms with Gasteiger partial charge >= 0.3 is 0 Å². The van der Waals surface area contributed by atoms with E-state index in [4.69, 9.17) is 4.74 Å². The predicted octanol–water partition coefficient (Wildman–Crippen LogP) is 2.11. The zero-order chi connectivity index (χ0) is 12.8. The van der Waals surface area contributed by atoms with Crippen LogP contribution in [0.1, 0.15) is 18.2 Å². The molecule has 0 radical (unpaired) electrons. The summed E-state index contributed by atoms with van der Waals surface area (Å²) in [6, 6.07) is 3.66. The Bertz CT molecular complexity index is 483. The van der Waals surface area contributed by atoms with Crippen molar-refractivity contribution in [3.05, 3.63) is 23.2 Å². The van der Waals surface area contributed by atoms with Crippen LogP contribution < -0.4 is 10.1 Å². The van der Waals surface area contributed by atoms with Crippen molar-refractivity contribution in [2.75, 3.05) is 13.7 Å². The van der Waals surface area contributed by atoms with Crippen LogP contribution in [0.5, 0.6) is 5.88 Å². The molecule has 18 heavy (non-hydrogen) atoms. The molecule has 0 saturated heterocycles. The summed E-state index contributed by atoms with van der Waals surface area (Å²) in [5, 5.41) is 12.3. The number of nitrogens with one attached hydrogen (secondary N) is 1. The van der Waals surface area contributed by atoms with E-state index in [9.17, 15) is 0 Å². The largest absolute Gasteiger partial charge is 0.480 e. The molecule has 0 spiro atoms. The van der Waals surface area contributed by atoms with Crippen LogP contribution in [-0.2, 0) is 6.54 Å². The number of hydrogen-bond acceptors (Lipinski definition) is 6. The van der Waals surface area contributed by atoms with E-state index < -0.39 is 0 Å². The average molecular weight is 264 g/mol. The lowest BCUT2D eigenvalue weighted by Crippen LogP contribution is -2.12. The Kier molecular flexibility index (Phi) is 4.60. The first-order chi connectivity index (χ1) is 8.83. The summed E-state index contributed by atoms with van der Waals surface area (Å²) in [7, 11) is 1.57. The third-order valence-electron chi connectivity index (χ3n) is 2.35. The molecule has 2 rings (SSSR count). The van der Waals surface area contributed by atoms with Gasteiger partial charge < -0.3 is 10.1 Å². The highest BCUT2D eigenvalue weighted by Gasteiger charge is 2.06. The van der Waals surface area contributed by atoms with E-state index in [2.05, 4.69) is 27.4 Å².